The third kappa shape index (κ3) is 3.80. The number of fused-ring (bicyclic) bond motifs is 6. The second-order valence-electron chi connectivity index (χ2n) is 11.1. The number of hydrogen-bond donors (Lipinski definition) is 1. The van der Waals surface area contributed by atoms with Gasteiger partial charge in [0, 0.05) is 16.9 Å². The largest absolute Gasteiger partial charge is 0.497 e. The van der Waals surface area contributed by atoms with E-state index in [1.54, 1.807) is 42.5 Å². The number of hydrogen-bond acceptors (Lipinski definition) is 7. The topological polar surface area (TPSA) is 94.2 Å². The molecule has 0 radical (unpaired) electrons. The summed E-state index contributed by atoms with van der Waals surface area (Å²) in [4.78, 5) is 46.6. The van der Waals surface area contributed by atoms with Crippen LogP contribution in [0, 0.1) is 5.92 Å². The molecule has 1 fully saturated rings. The Balaban J connectivity index is 1.55. The highest BCUT2D eigenvalue weighted by atomic mass is 16.5. The Morgan fingerprint density at radius 3 is 2.34 bits per heavy atom. The second-order valence-corrected chi connectivity index (χ2v) is 11.1. The maximum atomic E-state index is 15.2. The molecule has 0 saturated carbocycles. The summed E-state index contributed by atoms with van der Waals surface area (Å²) in [7, 11) is 4.55. The van der Waals surface area contributed by atoms with Crippen molar-refractivity contribution >= 4 is 34.9 Å². The third-order valence-corrected chi connectivity index (χ3v) is 9.12. The molecule has 3 aliphatic rings. The Bertz CT molecular complexity index is 1870. The van der Waals surface area contributed by atoms with E-state index in [4.69, 9.17) is 14.2 Å². The molecule has 4 atom stereocenters. The lowest BCUT2D eigenvalue weighted by atomic mass is 9.64. The van der Waals surface area contributed by atoms with Gasteiger partial charge in [0.05, 0.1) is 38.9 Å². The van der Waals surface area contributed by atoms with Gasteiger partial charge in [0.25, 0.3) is 0 Å². The van der Waals surface area contributed by atoms with Crippen LogP contribution in [0.1, 0.15) is 31.8 Å². The number of carbonyl (C=O) groups is 3. The second kappa shape index (κ2) is 10.4. The Morgan fingerprint density at radius 2 is 1.55 bits per heavy atom. The normalized spacial score (nSPS) is 22.6. The summed E-state index contributed by atoms with van der Waals surface area (Å²) in [6.07, 6.45) is 3.92. The molecule has 4 aromatic carbocycles. The highest BCUT2D eigenvalue weighted by Gasteiger charge is 2.70. The molecule has 1 saturated heterocycles. The highest BCUT2D eigenvalue weighted by Crippen LogP contribution is 2.58. The molecule has 1 N–H and O–H groups in total. The van der Waals surface area contributed by atoms with Gasteiger partial charge in [0.2, 0.25) is 5.91 Å². The van der Waals surface area contributed by atoms with Crippen molar-refractivity contribution in [1.82, 2.24) is 0 Å². The minimum Gasteiger partial charge on any atom is -0.497 e. The van der Waals surface area contributed by atoms with Crippen LogP contribution in [0.2, 0.25) is 0 Å². The van der Waals surface area contributed by atoms with Crippen LogP contribution in [0.15, 0.2) is 97.1 Å². The summed E-state index contributed by atoms with van der Waals surface area (Å²) in [6.45, 7) is 0. The number of ketones is 2. The van der Waals surface area contributed by atoms with Gasteiger partial charge in [-0.05, 0) is 53.6 Å². The molecule has 0 aliphatic carbocycles. The first kappa shape index (κ1) is 27.5. The average Bonchev–Trinajstić information content (AvgIpc) is 3.55. The monoisotopic (exact) mass is 586 g/mol. The van der Waals surface area contributed by atoms with Gasteiger partial charge in [0.15, 0.2) is 11.6 Å². The SMILES string of the molecule is COc1cccc(C(=O)[C@@H]2[C@H](C(=O)c3cc(OC)ccc3OC)[C@@]3(C(=O)Nc4ccccc43)[C@@H]3C=Cc4ccccc4N23)c1. The molecular formula is C36H30N2O6. The fraction of sp³-hybridized carbons (Fsp3) is 0.194. The van der Waals surface area contributed by atoms with Gasteiger partial charge in [-0.2, -0.15) is 0 Å². The first-order chi connectivity index (χ1) is 21.4. The summed E-state index contributed by atoms with van der Waals surface area (Å²) in [5.41, 5.74) is 2.12. The van der Waals surface area contributed by atoms with Crippen LogP contribution in [0.5, 0.6) is 17.2 Å². The van der Waals surface area contributed by atoms with Crippen molar-refractivity contribution in [3.63, 3.8) is 0 Å². The zero-order valence-corrected chi connectivity index (χ0v) is 24.4. The van der Waals surface area contributed by atoms with Gasteiger partial charge in [0.1, 0.15) is 28.7 Å². The summed E-state index contributed by atoms with van der Waals surface area (Å²) in [5, 5.41) is 3.05. The highest BCUT2D eigenvalue weighted by molar-refractivity contribution is 6.19. The van der Waals surface area contributed by atoms with Crippen molar-refractivity contribution < 1.29 is 28.6 Å². The molecule has 0 bridgehead atoms. The Morgan fingerprint density at radius 1 is 0.795 bits per heavy atom. The fourth-order valence-electron chi connectivity index (χ4n) is 7.24. The number of benzene rings is 4. The molecule has 0 unspecified atom stereocenters. The number of ether oxygens (including phenoxy) is 3. The third-order valence-electron chi connectivity index (χ3n) is 9.12. The first-order valence-corrected chi connectivity index (χ1v) is 14.3. The maximum absolute atomic E-state index is 15.2. The van der Waals surface area contributed by atoms with Crippen molar-refractivity contribution in [2.75, 3.05) is 31.5 Å². The number of nitrogens with one attached hydrogen (secondary N) is 1. The number of methoxy groups -OCH3 is 3. The average molecular weight is 587 g/mol. The molecule has 44 heavy (non-hydrogen) atoms. The van der Waals surface area contributed by atoms with Crippen molar-refractivity contribution in [2.24, 2.45) is 5.92 Å². The number of nitrogens with zero attached hydrogens (tertiary/aromatic N) is 1. The summed E-state index contributed by atoms with van der Waals surface area (Å²) >= 11 is 0. The quantitative estimate of drug-likeness (QED) is 0.283. The summed E-state index contributed by atoms with van der Waals surface area (Å²) in [5.74, 6) is -0.879. The fourth-order valence-corrected chi connectivity index (χ4v) is 7.24. The van der Waals surface area contributed by atoms with Crippen LogP contribution in [-0.4, -0.2) is 50.9 Å². The minimum absolute atomic E-state index is 0.231. The van der Waals surface area contributed by atoms with Crippen molar-refractivity contribution in [3.8, 4) is 17.2 Å². The van der Waals surface area contributed by atoms with Crippen molar-refractivity contribution in [3.05, 3.63) is 119 Å². The van der Waals surface area contributed by atoms with E-state index in [2.05, 4.69) is 5.32 Å². The molecule has 1 spiro atoms. The van der Waals surface area contributed by atoms with E-state index in [9.17, 15) is 9.59 Å². The molecule has 3 aliphatic heterocycles. The molecule has 4 aromatic rings. The van der Waals surface area contributed by atoms with Gasteiger partial charge in [-0.15, -0.1) is 0 Å². The summed E-state index contributed by atoms with van der Waals surface area (Å²) < 4.78 is 16.6. The number of carbonyl (C=O) groups excluding carboxylic acids is 3. The van der Waals surface area contributed by atoms with Gasteiger partial charge < -0.3 is 24.4 Å². The number of anilines is 2. The predicted molar refractivity (Wildman–Crippen MR) is 167 cm³/mol. The predicted octanol–water partition coefficient (Wildman–Crippen LogP) is 5.57. The van der Waals surface area contributed by atoms with E-state index in [1.165, 1.54) is 21.3 Å². The van der Waals surface area contributed by atoms with Gasteiger partial charge in [-0.3, -0.25) is 14.4 Å². The molecule has 220 valence electrons. The lowest BCUT2D eigenvalue weighted by Gasteiger charge is -2.37. The smallest absolute Gasteiger partial charge is 0.238 e. The van der Waals surface area contributed by atoms with Gasteiger partial charge in [-0.25, -0.2) is 0 Å². The molecule has 8 heteroatoms. The summed E-state index contributed by atoms with van der Waals surface area (Å²) in [6, 6.07) is 25.3. The zero-order chi connectivity index (χ0) is 30.6. The molecule has 1 amide bonds. The Kier molecular flexibility index (Phi) is 6.50. The Hall–Kier alpha value is -5.37. The Labute approximate surface area is 254 Å². The van der Waals surface area contributed by atoms with E-state index in [1.807, 2.05) is 65.6 Å². The van der Waals surface area contributed by atoms with Gasteiger partial charge in [-0.1, -0.05) is 60.7 Å². The van der Waals surface area contributed by atoms with Crippen LogP contribution in [-0.2, 0) is 10.2 Å². The molecular weight excluding hydrogens is 556 g/mol. The zero-order valence-electron chi connectivity index (χ0n) is 24.4. The van der Waals surface area contributed by atoms with E-state index in [0.717, 1.165) is 11.3 Å². The maximum Gasteiger partial charge on any atom is 0.238 e. The number of rotatable bonds is 7. The van der Waals surface area contributed by atoms with Gasteiger partial charge >= 0.3 is 0 Å². The van der Waals surface area contributed by atoms with E-state index < -0.39 is 29.2 Å². The van der Waals surface area contributed by atoms with Crippen LogP contribution >= 0.6 is 0 Å². The van der Waals surface area contributed by atoms with E-state index in [-0.39, 0.29) is 17.3 Å². The molecule has 3 heterocycles. The standard InChI is InChI=1S/C36H30N2O6/c1-42-23-11-8-10-22(19-23)33(39)32-31(34(40)25-20-24(43-2)16-17-29(25)44-3)36(26-12-5-6-13-27(26)37-35(36)41)30-18-15-21-9-4-7-14-28(21)38(30)32/h4-20,30-32H,1-3H3,(H,37,41)/t30-,31+,32-,36-/m0/s1. The van der Waals surface area contributed by atoms with E-state index in [0.29, 0.717) is 34.1 Å². The van der Waals surface area contributed by atoms with Crippen LogP contribution < -0.4 is 24.4 Å². The van der Waals surface area contributed by atoms with Crippen molar-refractivity contribution in [1.29, 1.82) is 0 Å². The molecule has 7 rings (SSSR count). The van der Waals surface area contributed by atoms with Crippen LogP contribution in [0.4, 0.5) is 11.4 Å². The number of amides is 1. The van der Waals surface area contributed by atoms with Crippen LogP contribution in [0.25, 0.3) is 6.08 Å². The molecule has 0 aromatic heterocycles. The van der Waals surface area contributed by atoms with Crippen LogP contribution in [0.3, 0.4) is 0 Å². The molecule has 8 nitrogen and oxygen atoms in total. The lowest BCUT2D eigenvalue weighted by Crippen LogP contribution is -2.51. The number of para-hydroxylation sites is 2. The minimum atomic E-state index is -1.44. The number of Topliss-reactive ketones (excluding diaryl/α,β-unsaturated/α-hetero) is 2. The van der Waals surface area contributed by atoms with Crippen molar-refractivity contribution in [2.45, 2.75) is 17.5 Å². The first-order valence-electron chi connectivity index (χ1n) is 14.3. The lowest BCUT2D eigenvalue weighted by molar-refractivity contribution is -0.121. The van der Waals surface area contributed by atoms with E-state index >= 15 is 4.79 Å².